The second kappa shape index (κ2) is 9.64. The van der Waals surface area contributed by atoms with Crippen molar-refractivity contribution in [1.29, 1.82) is 5.26 Å². The number of nitrogens with zero attached hydrogens (tertiary/aromatic N) is 5. The third-order valence-electron chi connectivity index (χ3n) is 6.95. The minimum atomic E-state index is -0.484. The van der Waals surface area contributed by atoms with Gasteiger partial charge in [0.05, 0.1) is 28.4 Å². The van der Waals surface area contributed by atoms with Crippen LogP contribution in [0, 0.1) is 21.4 Å². The minimum absolute atomic E-state index is 0.0494. The van der Waals surface area contributed by atoms with E-state index in [1.807, 2.05) is 44.2 Å². The molecule has 0 unspecified atom stereocenters. The van der Waals surface area contributed by atoms with E-state index in [9.17, 15) is 20.2 Å². The Kier molecular flexibility index (Phi) is 6.36. The Morgan fingerprint density at radius 3 is 2.35 bits per heavy atom. The molecule has 37 heavy (non-hydrogen) atoms. The topological polar surface area (TPSA) is 113 Å². The molecule has 0 saturated carbocycles. The molecule has 188 valence electrons. The highest BCUT2D eigenvalue weighted by Gasteiger charge is 2.34. The van der Waals surface area contributed by atoms with Crippen molar-refractivity contribution < 1.29 is 14.5 Å². The fraction of sp³-hybridized carbons (Fsp3) is 0.321. The Balaban J connectivity index is 1.44. The zero-order valence-corrected chi connectivity index (χ0v) is 20.8. The Hall–Kier alpha value is -4.29. The Morgan fingerprint density at radius 1 is 1.05 bits per heavy atom. The van der Waals surface area contributed by atoms with Crippen LogP contribution < -0.4 is 4.90 Å². The number of pyridine rings is 1. The number of hydrogen-bond donors (Lipinski definition) is 0. The summed E-state index contributed by atoms with van der Waals surface area (Å²) >= 11 is 0. The maximum Gasteiger partial charge on any atom is 0.269 e. The van der Waals surface area contributed by atoms with E-state index in [0.29, 0.717) is 56.2 Å². The number of nitro benzene ring substituents is 1. The molecule has 0 bridgehead atoms. The second-order valence-corrected chi connectivity index (χ2v) is 9.90. The van der Waals surface area contributed by atoms with E-state index in [2.05, 4.69) is 11.0 Å². The number of rotatable bonds is 4. The van der Waals surface area contributed by atoms with E-state index in [4.69, 9.17) is 9.72 Å². The Morgan fingerprint density at radius 2 is 1.73 bits per heavy atom. The average Bonchev–Trinajstić information content (AvgIpc) is 2.91. The van der Waals surface area contributed by atoms with Gasteiger partial charge in [-0.05, 0) is 31.5 Å². The summed E-state index contributed by atoms with van der Waals surface area (Å²) in [4.78, 5) is 32.3. The number of nitro groups is 1. The number of hydrogen-bond acceptors (Lipinski definition) is 7. The normalized spacial score (nSPS) is 16.6. The van der Waals surface area contributed by atoms with Crippen LogP contribution in [0.25, 0.3) is 11.3 Å². The van der Waals surface area contributed by atoms with Gasteiger partial charge in [0.1, 0.15) is 11.9 Å². The molecule has 2 aromatic carbocycles. The molecule has 1 fully saturated rings. The number of piperazine rings is 1. The van der Waals surface area contributed by atoms with Gasteiger partial charge < -0.3 is 14.5 Å². The highest BCUT2D eigenvalue weighted by Crippen LogP contribution is 2.39. The lowest BCUT2D eigenvalue weighted by atomic mass is 9.86. The van der Waals surface area contributed by atoms with E-state index < -0.39 is 4.92 Å². The summed E-state index contributed by atoms with van der Waals surface area (Å²) in [6.07, 6.45) is 0.610. The number of nitriles is 1. The van der Waals surface area contributed by atoms with Crippen LogP contribution in [-0.4, -0.2) is 52.5 Å². The molecule has 3 heterocycles. The summed E-state index contributed by atoms with van der Waals surface area (Å²) in [5.41, 5.74) is 4.28. The van der Waals surface area contributed by atoms with Crippen LogP contribution in [0.2, 0.25) is 0 Å². The summed E-state index contributed by atoms with van der Waals surface area (Å²) in [6, 6.07) is 18.0. The molecule has 0 N–H and O–H groups in total. The van der Waals surface area contributed by atoms with Crippen molar-refractivity contribution in [3.63, 3.8) is 0 Å². The Labute approximate surface area is 215 Å². The third-order valence-corrected chi connectivity index (χ3v) is 6.95. The van der Waals surface area contributed by atoms with Crippen molar-refractivity contribution in [3.8, 4) is 17.3 Å². The van der Waals surface area contributed by atoms with Crippen molar-refractivity contribution >= 4 is 17.4 Å². The lowest BCUT2D eigenvalue weighted by molar-refractivity contribution is -0.384. The predicted molar refractivity (Wildman–Crippen MR) is 138 cm³/mol. The van der Waals surface area contributed by atoms with Crippen LogP contribution in [0.4, 0.5) is 11.5 Å². The summed E-state index contributed by atoms with van der Waals surface area (Å²) in [7, 11) is 0. The number of aromatic nitrogens is 1. The van der Waals surface area contributed by atoms with Crippen LogP contribution in [0.15, 0.2) is 54.6 Å². The van der Waals surface area contributed by atoms with Gasteiger partial charge >= 0.3 is 0 Å². The molecule has 0 aliphatic carbocycles. The lowest BCUT2D eigenvalue weighted by Gasteiger charge is -2.38. The van der Waals surface area contributed by atoms with Gasteiger partial charge in [0, 0.05) is 61.4 Å². The van der Waals surface area contributed by atoms with Crippen molar-refractivity contribution in [2.45, 2.75) is 32.5 Å². The van der Waals surface area contributed by atoms with Gasteiger partial charge in [-0.15, -0.1) is 0 Å². The first kappa shape index (κ1) is 24.4. The number of carbonyl (C=O) groups is 1. The van der Waals surface area contributed by atoms with Gasteiger partial charge in [0.15, 0.2) is 0 Å². The van der Waals surface area contributed by atoms with E-state index in [1.54, 1.807) is 4.90 Å². The number of fused-ring (bicyclic) bond motifs is 1. The molecule has 9 heteroatoms. The van der Waals surface area contributed by atoms with Crippen LogP contribution in [0.3, 0.4) is 0 Å². The molecule has 1 amide bonds. The first-order chi connectivity index (χ1) is 17.8. The molecule has 9 nitrogen and oxygen atoms in total. The zero-order chi connectivity index (χ0) is 26.2. The molecule has 1 saturated heterocycles. The smallest absolute Gasteiger partial charge is 0.269 e. The molecular weight excluding hydrogens is 470 g/mol. The number of anilines is 1. The predicted octanol–water partition coefficient (Wildman–Crippen LogP) is 4.34. The first-order valence-electron chi connectivity index (χ1n) is 12.2. The van der Waals surface area contributed by atoms with Crippen molar-refractivity contribution in [1.82, 2.24) is 9.88 Å². The summed E-state index contributed by atoms with van der Waals surface area (Å²) in [5, 5.41) is 21.1. The van der Waals surface area contributed by atoms with Gasteiger partial charge in [-0.25, -0.2) is 4.98 Å². The van der Waals surface area contributed by atoms with Crippen LogP contribution in [-0.2, 0) is 17.8 Å². The molecule has 0 spiro atoms. The summed E-state index contributed by atoms with van der Waals surface area (Å²) in [5.74, 6) is 0.470. The molecule has 1 aromatic heterocycles. The molecular formula is C28H27N5O4. The minimum Gasteiger partial charge on any atom is -0.370 e. The largest absolute Gasteiger partial charge is 0.370 e. The molecule has 0 radical (unpaired) electrons. The highest BCUT2D eigenvalue weighted by atomic mass is 16.6. The zero-order valence-electron chi connectivity index (χ0n) is 20.8. The second-order valence-electron chi connectivity index (χ2n) is 9.90. The monoisotopic (exact) mass is 497 g/mol. The van der Waals surface area contributed by atoms with Crippen molar-refractivity contribution in [3.05, 3.63) is 87.0 Å². The average molecular weight is 498 g/mol. The van der Waals surface area contributed by atoms with Crippen LogP contribution in [0.5, 0.6) is 0 Å². The third kappa shape index (κ3) is 4.76. The van der Waals surface area contributed by atoms with E-state index in [-0.39, 0.29) is 17.2 Å². The fourth-order valence-electron chi connectivity index (χ4n) is 4.96. The number of amides is 1. The van der Waals surface area contributed by atoms with Crippen LogP contribution >= 0.6 is 0 Å². The number of ether oxygens (including phenoxy) is 1. The molecule has 0 atom stereocenters. The molecule has 3 aromatic rings. The van der Waals surface area contributed by atoms with Gasteiger partial charge in [-0.3, -0.25) is 14.9 Å². The summed E-state index contributed by atoms with van der Waals surface area (Å²) < 4.78 is 6.10. The number of carbonyl (C=O) groups excluding carboxylic acids is 1. The number of non-ortho nitro benzene ring substituents is 1. The fourth-order valence-corrected chi connectivity index (χ4v) is 4.96. The maximum atomic E-state index is 13.0. The van der Waals surface area contributed by atoms with Gasteiger partial charge in [0.25, 0.3) is 11.6 Å². The Bertz CT molecular complexity index is 1390. The van der Waals surface area contributed by atoms with E-state index in [0.717, 1.165) is 22.4 Å². The standard InChI is InChI=1S/C28H27N5O4/c1-28(2)16-22-23(17-29)26(30-25(24(22)18-37-28)19-6-4-3-5-7-19)31-12-14-32(15-13-31)27(34)20-8-10-21(11-9-20)33(35)36/h3-11H,12-16,18H2,1-2H3. The lowest BCUT2D eigenvalue weighted by Crippen LogP contribution is -2.49. The first-order valence-corrected chi connectivity index (χ1v) is 12.2. The number of benzene rings is 2. The van der Waals surface area contributed by atoms with E-state index >= 15 is 0 Å². The maximum absolute atomic E-state index is 13.0. The van der Waals surface area contributed by atoms with Crippen LogP contribution in [0.1, 0.15) is 40.9 Å². The SMILES string of the molecule is CC1(C)Cc2c(C#N)c(N3CCN(C(=O)c4ccc([N+](=O)[O-])cc4)CC3)nc(-c3ccccc3)c2CO1. The molecule has 2 aliphatic rings. The van der Waals surface area contributed by atoms with Crippen molar-refractivity contribution in [2.75, 3.05) is 31.1 Å². The van der Waals surface area contributed by atoms with Gasteiger partial charge in [0.2, 0.25) is 0 Å². The van der Waals surface area contributed by atoms with Gasteiger partial charge in [-0.2, -0.15) is 5.26 Å². The highest BCUT2D eigenvalue weighted by molar-refractivity contribution is 5.94. The van der Waals surface area contributed by atoms with Crippen molar-refractivity contribution in [2.24, 2.45) is 0 Å². The van der Waals surface area contributed by atoms with Gasteiger partial charge in [-0.1, -0.05) is 30.3 Å². The quantitative estimate of drug-likeness (QED) is 0.389. The molecule has 2 aliphatic heterocycles. The molecule has 5 rings (SSSR count). The summed E-state index contributed by atoms with van der Waals surface area (Å²) in [6.45, 7) is 6.40. The van der Waals surface area contributed by atoms with E-state index in [1.165, 1.54) is 24.3 Å².